The van der Waals surface area contributed by atoms with Crippen LogP contribution in [-0.4, -0.2) is 49.7 Å². The van der Waals surface area contributed by atoms with Gasteiger partial charge in [0.15, 0.2) is 0 Å². The van der Waals surface area contributed by atoms with Gasteiger partial charge in [-0.1, -0.05) is 29.3 Å². The van der Waals surface area contributed by atoms with Crippen molar-refractivity contribution in [2.24, 2.45) is 0 Å². The Kier molecular flexibility index (Phi) is 5.75. The van der Waals surface area contributed by atoms with E-state index in [1.165, 1.54) is 16.2 Å². The van der Waals surface area contributed by atoms with E-state index < -0.39 is 26.6 Å². The summed E-state index contributed by atoms with van der Waals surface area (Å²) in [5.41, 5.74) is 0. The molecule has 2 heterocycles. The fourth-order valence-corrected chi connectivity index (χ4v) is 6.52. The summed E-state index contributed by atoms with van der Waals surface area (Å²) in [6.45, 7) is 0.109. The van der Waals surface area contributed by atoms with Crippen molar-refractivity contribution >= 4 is 60.6 Å². The van der Waals surface area contributed by atoms with Crippen LogP contribution in [0.4, 0.5) is 8.78 Å². The number of nitrogens with zero attached hydrogens (tertiary/aromatic N) is 2. The molecule has 5 nitrogen and oxygen atoms in total. The molecule has 0 spiro atoms. The fourth-order valence-electron chi connectivity index (χ4n) is 3.27. The van der Waals surface area contributed by atoms with Crippen LogP contribution in [0, 0.1) is 11.6 Å². The average molecular weight is 491 g/mol. The molecule has 0 N–H and O–H groups in total. The van der Waals surface area contributed by atoms with Gasteiger partial charge in [0.2, 0.25) is 10.0 Å². The maximum atomic E-state index is 14.0. The van der Waals surface area contributed by atoms with Crippen LogP contribution in [0.25, 0.3) is 10.1 Å². The van der Waals surface area contributed by atoms with E-state index in [-0.39, 0.29) is 32.1 Å². The van der Waals surface area contributed by atoms with Crippen molar-refractivity contribution < 1.29 is 22.0 Å². The molecule has 0 atom stereocenters. The minimum absolute atomic E-state index is 0.0433. The molecule has 1 aliphatic rings. The molecule has 0 radical (unpaired) electrons. The van der Waals surface area contributed by atoms with Gasteiger partial charge < -0.3 is 4.90 Å². The van der Waals surface area contributed by atoms with Gasteiger partial charge in [0, 0.05) is 41.3 Å². The van der Waals surface area contributed by atoms with Gasteiger partial charge in [0.05, 0.1) is 5.02 Å². The summed E-state index contributed by atoms with van der Waals surface area (Å²) in [5, 5.41) is 1.58. The fraction of sp³-hybridized carbons (Fsp3) is 0.211. The van der Waals surface area contributed by atoms with E-state index in [9.17, 15) is 22.0 Å². The number of rotatable bonds is 3. The Labute approximate surface area is 185 Å². The number of thiophene rings is 1. The quantitative estimate of drug-likeness (QED) is 0.537. The SMILES string of the molecule is O=C(c1sc2cc(Cl)ccc2c1Cl)N1CCN(S(=O)(=O)c2cc(F)ccc2F)CC1. The summed E-state index contributed by atoms with van der Waals surface area (Å²) in [5.74, 6) is -2.18. The Morgan fingerprint density at radius 2 is 1.70 bits per heavy atom. The zero-order valence-corrected chi connectivity index (χ0v) is 18.4. The second-order valence-electron chi connectivity index (χ2n) is 6.66. The largest absolute Gasteiger partial charge is 0.335 e. The molecule has 2 aromatic carbocycles. The van der Waals surface area contributed by atoms with E-state index in [0.717, 1.165) is 26.5 Å². The van der Waals surface area contributed by atoms with Crippen LogP contribution in [0.5, 0.6) is 0 Å². The lowest BCUT2D eigenvalue weighted by atomic mass is 10.2. The van der Waals surface area contributed by atoms with Gasteiger partial charge in [-0.25, -0.2) is 17.2 Å². The minimum atomic E-state index is -4.22. The highest BCUT2D eigenvalue weighted by molar-refractivity contribution is 7.89. The zero-order valence-electron chi connectivity index (χ0n) is 15.2. The maximum absolute atomic E-state index is 14.0. The van der Waals surface area contributed by atoms with Gasteiger partial charge in [0.25, 0.3) is 5.91 Å². The van der Waals surface area contributed by atoms with E-state index in [1.54, 1.807) is 18.2 Å². The number of hydrogen-bond acceptors (Lipinski definition) is 4. The summed E-state index contributed by atoms with van der Waals surface area (Å²) in [6, 6.07) is 7.44. The molecule has 1 amide bonds. The molecule has 158 valence electrons. The number of amides is 1. The second kappa shape index (κ2) is 8.05. The van der Waals surface area contributed by atoms with Gasteiger partial charge in [0.1, 0.15) is 21.4 Å². The first-order valence-corrected chi connectivity index (χ1v) is 11.8. The summed E-state index contributed by atoms with van der Waals surface area (Å²) in [7, 11) is -4.22. The van der Waals surface area contributed by atoms with Crippen LogP contribution < -0.4 is 0 Å². The summed E-state index contributed by atoms with van der Waals surface area (Å²) in [6.07, 6.45) is 0. The minimum Gasteiger partial charge on any atom is -0.335 e. The summed E-state index contributed by atoms with van der Waals surface area (Å²) < 4.78 is 54.6. The highest BCUT2D eigenvalue weighted by Gasteiger charge is 2.33. The highest BCUT2D eigenvalue weighted by Crippen LogP contribution is 2.37. The summed E-state index contributed by atoms with van der Waals surface area (Å²) in [4.78, 5) is 14.1. The van der Waals surface area contributed by atoms with Crippen molar-refractivity contribution in [3.05, 3.63) is 63.0 Å². The topological polar surface area (TPSA) is 57.7 Å². The molecule has 0 aliphatic carbocycles. The number of carbonyl (C=O) groups excluding carboxylic acids is 1. The van der Waals surface area contributed by atoms with Crippen molar-refractivity contribution in [2.45, 2.75) is 4.90 Å². The van der Waals surface area contributed by atoms with Crippen molar-refractivity contribution in [3.63, 3.8) is 0 Å². The van der Waals surface area contributed by atoms with Crippen LogP contribution in [0.15, 0.2) is 41.3 Å². The molecule has 1 saturated heterocycles. The number of benzene rings is 2. The molecular formula is C19H14Cl2F2N2O3S2. The first-order chi connectivity index (χ1) is 14.2. The van der Waals surface area contributed by atoms with Gasteiger partial charge in [-0.15, -0.1) is 11.3 Å². The van der Waals surface area contributed by atoms with Gasteiger partial charge in [-0.05, 0) is 30.3 Å². The lowest BCUT2D eigenvalue weighted by Crippen LogP contribution is -2.50. The Morgan fingerprint density at radius 3 is 2.40 bits per heavy atom. The number of fused-ring (bicyclic) bond motifs is 1. The lowest BCUT2D eigenvalue weighted by molar-refractivity contribution is 0.0703. The predicted molar refractivity (Wildman–Crippen MR) is 113 cm³/mol. The third kappa shape index (κ3) is 3.80. The maximum Gasteiger partial charge on any atom is 0.265 e. The van der Waals surface area contributed by atoms with Gasteiger partial charge >= 0.3 is 0 Å². The number of carbonyl (C=O) groups is 1. The second-order valence-corrected chi connectivity index (χ2v) is 10.4. The van der Waals surface area contributed by atoms with Gasteiger partial charge in [-0.2, -0.15) is 4.31 Å². The molecule has 1 aliphatic heterocycles. The molecule has 3 aromatic rings. The molecule has 1 fully saturated rings. The van der Waals surface area contributed by atoms with Gasteiger partial charge in [-0.3, -0.25) is 4.79 Å². The van der Waals surface area contributed by atoms with Crippen LogP contribution in [0.2, 0.25) is 10.0 Å². The summed E-state index contributed by atoms with van der Waals surface area (Å²) >= 11 is 13.6. The molecular weight excluding hydrogens is 477 g/mol. The zero-order chi connectivity index (χ0) is 21.6. The van der Waals surface area contributed by atoms with E-state index in [0.29, 0.717) is 21.0 Å². The number of halogens is 4. The standard InChI is InChI=1S/C19H14Cl2F2N2O3S2/c20-11-1-3-13-15(9-11)29-18(17(13)21)19(26)24-5-7-25(8-6-24)30(27,28)16-10-12(22)2-4-14(16)23/h1-4,9-10H,5-8H2. The number of piperazine rings is 1. The average Bonchev–Trinajstić information content (AvgIpc) is 3.04. The van der Waals surface area contributed by atoms with Crippen molar-refractivity contribution in [2.75, 3.05) is 26.2 Å². The normalized spacial score (nSPS) is 15.7. The van der Waals surface area contributed by atoms with Crippen LogP contribution in [0.3, 0.4) is 0 Å². The first-order valence-electron chi connectivity index (χ1n) is 8.80. The van der Waals surface area contributed by atoms with Crippen LogP contribution in [0.1, 0.15) is 9.67 Å². The molecule has 11 heteroatoms. The third-order valence-electron chi connectivity index (χ3n) is 4.82. The predicted octanol–water partition coefficient (Wildman–Crippen LogP) is 4.63. The third-order valence-corrected chi connectivity index (χ3v) is 8.62. The van der Waals surface area contributed by atoms with E-state index in [1.807, 2.05) is 0 Å². The molecule has 0 bridgehead atoms. The first kappa shape index (κ1) is 21.5. The number of hydrogen-bond donors (Lipinski definition) is 0. The molecule has 1 aromatic heterocycles. The molecule has 30 heavy (non-hydrogen) atoms. The lowest BCUT2D eigenvalue weighted by Gasteiger charge is -2.33. The van der Waals surface area contributed by atoms with E-state index in [2.05, 4.69) is 0 Å². The Balaban J connectivity index is 1.53. The Morgan fingerprint density at radius 1 is 1.00 bits per heavy atom. The monoisotopic (exact) mass is 490 g/mol. The van der Waals surface area contributed by atoms with E-state index in [4.69, 9.17) is 23.2 Å². The highest BCUT2D eigenvalue weighted by atomic mass is 35.5. The van der Waals surface area contributed by atoms with Crippen LogP contribution >= 0.6 is 34.5 Å². The molecule has 4 rings (SSSR count). The number of sulfonamides is 1. The Bertz CT molecular complexity index is 1260. The molecule has 0 saturated carbocycles. The van der Waals surface area contributed by atoms with Crippen molar-refractivity contribution in [3.8, 4) is 0 Å². The smallest absolute Gasteiger partial charge is 0.265 e. The molecule has 0 unspecified atom stereocenters. The van der Waals surface area contributed by atoms with Crippen molar-refractivity contribution in [1.29, 1.82) is 0 Å². The van der Waals surface area contributed by atoms with Crippen LogP contribution in [-0.2, 0) is 10.0 Å². The van der Waals surface area contributed by atoms with Crippen molar-refractivity contribution in [1.82, 2.24) is 9.21 Å². The van der Waals surface area contributed by atoms with E-state index >= 15 is 0 Å². The Hall–Kier alpha value is -1.78.